The molecule has 1 fully saturated rings. The molecule has 1 saturated heterocycles. The van der Waals surface area contributed by atoms with Crippen LogP contribution in [0.2, 0.25) is 0 Å². The van der Waals surface area contributed by atoms with Crippen molar-refractivity contribution in [3.05, 3.63) is 66.0 Å². The largest absolute Gasteiger partial charge is 0.380 e. The highest BCUT2D eigenvalue weighted by Crippen LogP contribution is 2.25. The molecule has 4 N–H and O–H groups in total. The minimum absolute atomic E-state index is 0.327. The van der Waals surface area contributed by atoms with Crippen molar-refractivity contribution in [1.82, 2.24) is 20.4 Å². The second-order valence-electron chi connectivity index (χ2n) is 8.14. The van der Waals surface area contributed by atoms with E-state index in [1.807, 2.05) is 30.4 Å². The van der Waals surface area contributed by atoms with Gasteiger partial charge in [-0.25, -0.2) is 18.4 Å². The SMILES string of the molecule is Nc1noc2cc(/C=C/c3cnc(Nc4ccc(S(=O)(=O)C5CCNCC5)cc4)nc3)ccc12. The van der Waals surface area contributed by atoms with E-state index in [9.17, 15) is 8.42 Å². The fourth-order valence-electron chi connectivity index (χ4n) is 3.91. The van der Waals surface area contributed by atoms with Gasteiger partial charge in [-0.1, -0.05) is 23.4 Å². The number of benzene rings is 2. The monoisotopic (exact) mass is 476 g/mol. The van der Waals surface area contributed by atoms with Crippen LogP contribution in [0.3, 0.4) is 0 Å². The Bertz CT molecular complexity index is 1420. The van der Waals surface area contributed by atoms with E-state index in [0.717, 1.165) is 29.6 Å². The van der Waals surface area contributed by atoms with Gasteiger partial charge in [-0.3, -0.25) is 0 Å². The molecule has 1 aliphatic heterocycles. The lowest BCUT2D eigenvalue weighted by Gasteiger charge is -2.22. The molecule has 3 heterocycles. The van der Waals surface area contributed by atoms with Gasteiger partial charge in [0, 0.05) is 23.6 Å². The van der Waals surface area contributed by atoms with E-state index < -0.39 is 9.84 Å². The average molecular weight is 477 g/mol. The summed E-state index contributed by atoms with van der Waals surface area (Å²) in [6.07, 6.45) is 8.50. The Morgan fingerprint density at radius 3 is 2.44 bits per heavy atom. The van der Waals surface area contributed by atoms with Gasteiger partial charge in [0.2, 0.25) is 5.95 Å². The molecule has 0 saturated carbocycles. The van der Waals surface area contributed by atoms with E-state index in [-0.39, 0.29) is 5.25 Å². The molecule has 0 aliphatic carbocycles. The van der Waals surface area contributed by atoms with E-state index in [1.165, 1.54) is 0 Å². The lowest BCUT2D eigenvalue weighted by molar-refractivity contribution is 0.460. The maximum Gasteiger partial charge on any atom is 0.227 e. The number of anilines is 3. The molecule has 0 amide bonds. The van der Waals surface area contributed by atoms with Crippen molar-refractivity contribution < 1.29 is 12.9 Å². The molecule has 0 spiro atoms. The third-order valence-corrected chi connectivity index (χ3v) is 8.11. The van der Waals surface area contributed by atoms with E-state index in [4.69, 9.17) is 10.3 Å². The van der Waals surface area contributed by atoms with Crippen molar-refractivity contribution in [1.29, 1.82) is 0 Å². The van der Waals surface area contributed by atoms with Crippen molar-refractivity contribution in [2.75, 3.05) is 24.1 Å². The van der Waals surface area contributed by atoms with E-state index in [2.05, 4.69) is 25.8 Å². The normalized spacial score (nSPS) is 15.2. The van der Waals surface area contributed by atoms with E-state index >= 15 is 0 Å². The molecule has 0 unspecified atom stereocenters. The number of piperidine rings is 1. The van der Waals surface area contributed by atoms with Crippen molar-refractivity contribution in [3.63, 3.8) is 0 Å². The first-order chi connectivity index (χ1) is 16.5. The molecule has 5 rings (SSSR count). The lowest BCUT2D eigenvalue weighted by Crippen LogP contribution is -2.35. The summed E-state index contributed by atoms with van der Waals surface area (Å²) >= 11 is 0. The van der Waals surface area contributed by atoms with E-state index in [0.29, 0.717) is 40.8 Å². The number of aromatic nitrogens is 3. The van der Waals surface area contributed by atoms with Gasteiger partial charge in [0.25, 0.3) is 0 Å². The second kappa shape index (κ2) is 9.24. The number of nitrogens with zero attached hydrogens (tertiary/aromatic N) is 3. The fraction of sp³-hybridized carbons (Fsp3) is 0.208. The number of hydrogen-bond acceptors (Lipinski definition) is 9. The molecule has 34 heavy (non-hydrogen) atoms. The number of nitrogen functional groups attached to an aromatic ring is 1. The molecule has 0 bridgehead atoms. The number of nitrogens with one attached hydrogen (secondary N) is 2. The van der Waals surface area contributed by atoms with Gasteiger partial charge >= 0.3 is 0 Å². The lowest BCUT2D eigenvalue weighted by atomic mass is 10.1. The number of hydrogen-bond donors (Lipinski definition) is 3. The van der Waals surface area contributed by atoms with Gasteiger partial charge in [-0.05, 0) is 67.9 Å². The van der Waals surface area contributed by atoms with Crippen LogP contribution < -0.4 is 16.4 Å². The first kappa shape index (κ1) is 22.1. The minimum atomic E-state index is -3.32. The van der Waals surface area contributed by atoms with Gasteiger partial charge in [0.1, 0.15) is 0 Å². The first-order valence-electron chi connectivity index (χ1n) is 11.0. The Morgan fingerprint density at radius 1 is 1.00 bits per heavy atom. The van der Waals surface area contributed by atoms with Crippen LogP contribution >= 0.6 is 0 Å². The van der Waals surface area contributed by atoms with Gasteiger partial charge in [-0.15, -0.1) is 0 Å². The standard InChI is InChI=1S/C24H24N6O3S/c25-23-21-8-3-16(13-22(21)33-30-23)1-2-17-14-27-24(28-15-17)29-18-4-6-19(7-5-18)34(31,32)20-9-11-26-12-10-20/h1-8,13-15,20,26H,9-12H2,(H2,25,30)(H,27,28,29)/b2-1+. The Kier molecular flexibility index (Phi) is 5.99. The van der Waals surface area contributed by atoms with Crippen molar-refractivity contribution in [2.24, 2.45) is 0 Å². The highest BCUT2D eigenvalue weighted by molar-refractivity contribution is 7.92. The van der Waals surface area contributed by atoms with Gasteiger partial charge in [-0.2, -0.15) is 0 Å². The van der Waals surface area contributed by atoms with Crippen LogP contribution in [0.1, 0.15) is 24.0 Å². The van der Waals surface area contributed by atoms with Crippen LogP contribution in [0.4, 0.5) is 17.5 Å². The summed E-state index contributed by atoms with van der Waals surface area (Å²) in [7, 11) is -3.32. The molecule has 2 aromatic heterocycles. The van der Waals surface area contributed by atoms with Gasteiger partial charge in [0.05, 0.1) is 15.5 Å². The predicted octanol–water partition coefficient (Wildman–Crippen LogP) is 3.64. The van der Waals surface area contributed by atoms with Gasteiger partial charge < -0.3 is 20.9 Å². The summed E-state index contributed by atoms with van der Waals surface area (Å²) in [6, 6.07) is 12.4. The summed E-state index contributed by atoms with van der Waals surface area (Å²) in [5, 5.41) is 10.5. The maximum atomic E-state index is 12.8. The molecular formula is C24H24N6O3S. The Hall–Kier alpha value is -3.76. The molecule has 1 aliphatic rings. The van der Waals surface area contributed by atoms with Crippen molar-refractivity contribution in [3.8, 4) is 0 Å². The smallest absolute Gasteiger partial charge is 0.227 e. The summed E-state index contributed by atoms with van der Waals surface area (Å²) in [5.41, 5.74) is 8.85. The molecule has 174 valence electrons. The third kappa shape index (κ3) is 4.63. The molecule has 10 heteroatoms. The van der Waals surface area contributed by atoms with Crippen LogP contribution in [0.5, 0.6) is 0 Å². The zero-order valence-electron chi connectivity index (χ0n) is 18.3. The van der Waals surface area contributed by atoms with Crippen LogP contribution in [-0.4, -0.2) is 41.9 Å². The molecular weight excluding hydrogens is 452 g/mol. The van der Waals surface area contributed by atoms with E-state index in [1.54, 1.807) is 36.7 Å². The average Bonchev–Trinajstić information content (AvgIpc) is 3.24. The number of rotatable bonds is 6. The minimum Gasteiger partial charge on any atom is -0.380 e. The van der Waals surface area contributed by atoms with Crippen molar-refractivity contribution >= 4 is 50.4 Å². The fourth-order valence-corrected chi connectivity index (χ4v) is 5.67. The molecule has 4 aromatic rings. The van der Waals surface area contributed by atoms with Crippen LogP contribution in [0.25, 0.3) is 23.1 Å². The highest BCUT2D eigenvalue weighted by Gasteiger charge is 2.28. The predicted molar refractivity (Wildman–Crippen MR) is 132 cm³/mol. The Morgan fingerprint density at radius 2 is 1.71 bits per heavy atom. The maximum absolute atomic E-state index is 12.8. The zero-order valence-corrected chi connectivity index (χ0v) is 19.1. The Balaban J connectivity index is 1.23. The molecule has 0 atom stereocenters. The number of fused-ring (bicyclic) bond motifs is 1. The second-order valence-corrected chi connectivity index (χ2v) is 10.4. The summed E-state index contributed by atoms with van der Waals surface area (Å²) < 4.78 is 30.9. The summed E-state index contributed by atoms with van der Waals surface area (Å²) in [4.78, 5) is 9.03. The van der Waals surface area contributed by atoms with Crippen LogP contribution in [0.15, 0.2) is 64.3 Å². The number of nitrogens with two attached hydrogens (primary N) is 1. The summed E-state index contributed by atoms with van der Waals surface area (Å²) in [6.45, 7) is 1.47. The quantitative estimate of drug-likeness (QED) is 0.381. The summed E-state index contributed by atoms with van der Waals surface area (Å²) in [5.74, 6) is 0.796. The van der Waals surface area contributed by atoms with Crippen LogP contribution in [-0.2, 0) is 9.84 Å². The first-order valence-corrected chi connectivity index (χ1v) is 12.5. The van der Waals surface area contributed by atoms with Crippen molar-refractivity contribution in [2.45, 2.75) is 23.0 Å². The highest BCUT2D eigenvalue weighted by atomic mass is 32.2. The topological polar surface area (TPSA) is 136 Å². The molecule has 2 aromatic carbocycles. The van der Waals surface area contributed by atoms with Gasteiger partial charge in [0.15, 0.2) is 21.2 Å². The van der Waals surface area contributed by atoms with Crippen LogP contribution in [0, 0.1) is 0 Å². The molecule has 0 radical (unpaired) electrons. The molecule has 9 nitrogen and oxygen atoms in total. The third-order valence-electron chi connectivity index (χ3n) is 5.83. The number of sulfone groups is 1. The Labute approximate surface area is 197 Å². The zero-order chi connectivity index (χ0) is 23.5.